The SMILES string of the molecule is CC(C)OC(=O)[C@H](C)NP(=O)(COc1ccc2nc(C3CC3)c(C=C[C@@H]3C[C@@H](O)CC(=O)O3)c(-c3ccc(F)cc3)c2c1)Oc1ccccc1. The van der Waals surface area contributed by atoms with Gasteiger partial charge in [0, 0.05) is 28.9 Å². The van der Waals surface area contributed by atoms with Crippen molar-refractivity contribution >= 4 is 36.4 Å². The molecule has 6 rings (SSSR count). The van der Waals surface area contributed by atoms with E-state index in [4.69, 9.17) is 23.7 Å². The van der Waals surface area contributed by atoms with Gasteiger partial charge in [-0.25, -0.2) is 9.48 Å². The van der Waals surface area contributed by atoms with Gasteiger partial charge >= 0.3 is 19.5 Å². The lowest BCUT2D eigenvalue weighted by atomic mass is 9.91. The molecule has 1 saturated carbocycles. The van der Waals surface area contributed by atoms with Gasteiger partial charge in [-0.15, -0.1) is 0 Å². The Bertz CT molecular complexity index is 1930. The summed E-state index contributed by atoms with van der Waals surface area (Å²) in [4.78, 5) is 29.7. The third-order valence-corrected chi connectivity index (χ3v) is 10.0. The van der Waals surface area contributed by atoms with Crippen LogP contribution in [0, 0.1) is 5.82 Å². The van der Waals surface area contributed by atoms with E-state index in [1.54, 1.807) is 81.4 Å². The summed E-state index contributed by atoms with van der Waals surface area (Å²) in [7, 11) is -3.86. The van der Waals surface area contributed by atoms with E-state index in [2.05, 4.69) is 5.09 Å². The highest BCUT2D eigenvalue weighted by Gasteiger charge is 2.33. The van der Waals surface area contributed by atoms with Gasteiger partial charge in [0.05, 0.1) is 29.8 Å². The van der Waals surface area contributed by atoms with Crippen molar-refractivity contribution in [3.8, 4) is 22.6 Å². The predicted molar refractivity (Wildman–Crippen MR) is 187 cm³/mol. The second kappa shape index (κ2) is 15.1. The normalized spacial score (nSPS) is 19.6. The molecule has 1 aliphatic carbocycles. The van der Waals surface area contributed by atoms with Crippen molar-refractivity contribution in [2.24, 2.45) is 0 Å². The van der Waals surface area contributed by atoms with Gasteiger partial charge in [0.15, 0.2) is 6.35 Å². The molecule has 0 bridgehead atoms. The van der Waals surface area contributed by atoms with Crippen LogP contribution < -0.4 is 14.3 Å². The largest absolute Gasteiger partial charge is 0.481 e. The van der Waals surface area contributed by atoms with Gasteiger partial charge in [0.25, 0.3) is 0 Å². The molecule has 12 heteroatoms. The van der Waals surface area contributed by atoms with E-state index in [0.717, 1.165) is 35.2 Å². The highest BCUT2D eigenvalue weighted by atomic mass is 31.2. The number of carbonyl (C=O) groups excluding carboxylic acids is 2. The fraction of sp³-hybridized carbons (Fsp3) is 0.342. The van der Waals surface area contributed by atoms with Crippen LogP contribution in [0.2, 0.25) is 0 Å². The Kier molecular flexibility index (Phi) is 10.7. The lowest BCUT2D eigenvalue weighted by molar-refractivity contribution is -0.156. The quantitative estimate of drug-likeness (QED) is 0.106. The van der Waals surface area contributed by atoms with Gasteiger partial charge in [-0.1, -0.05) is 36.4 Å². The summed E-state index contributed by atoms with van der Waals surface area (Å²) in [5.74, 6) is -0.512. The van der Waals surface area contributed by atoms with E-state index < -0.39 is 44.1 Å². The first kappa shape index (κ1) is 35.3. The van der Waals surface area contributed by atoms with Crippen LogP contribution in [-0.4, -0.2) is 52.7 Å². The number of ether oxygens (including phenoxy) is 3. The van der Waals surface area contributed by atoms with Crippen LogP contribution >= 0.6 is 7.52 Å². The van der Waals surface area contributed by atoms with Gasteiger partial charge in [0.2, 0.25) is 0 Å². The summed E-state index contributed by atoms with van der Waals surface area (Å²) in [5, 5.41) is 13.7. The van der Waals surface area contributed by atoms with Crippen LogP contribution in [0.3, 0.4) is 0 Å². The number of hydrogen-bond donors (Lipinski definition) is 2. The number of hydrogen-bond acceptors (Lipinski definition) is 9. The number of aromatic nitrogens is 1. The molecule has 1 aliphatic heterocycles. The maximum absolute atomic E-state index is 14.2. The fourth-order valence-corrected chi connectivity index (χ4v) is 7.50. The fourth-order valence-electron chi connectivity index (χ4n) is 5.84. The summed E-state index contributed by atoms with van der Waals surface area (Å²) in [6, 6.07) is 19.1. The second-order valence-electron chi connectivity index (χ2n) is 12.9. The number of carbonyl (C=O) groups is 2. The molecule has 2 N–H and O–H groups in total. The molecule has 3 aromatic carbocycles. The van der Waals surface area contributed by atoms with Crippen molar-refractivity contribution in [1.82, 2.24) is 10.1 Å². The number of aliphatic hydroxyl groups is 1. The Hall–Kier alpha value is -4.57. The van der Waals surface area contributed by atoms with Crippen LogP contribution in [-0.2, 0) is 23.6 Å². The number of pyridine rings is 1. The maximum Gasteiger partial charge on any atom is 0.354 e. The van der Waals surface area contributed by atoms with Crippen LogP contribution in [0.5, 0.6) is 11.5 Å². The molecular formula is C38H40FN2O8P. The van der Waals surface area contributed by atoms with Gasteiger partial charge in [-0.05, 0) is 87.7 Å². The van der Waals surface area contributed by atoms with Crippen molar-refractivity contribution in [1.29, 1.82) is 0 Å². The average Bonchev–Trinajstić information content (AvgIpc) is 3.92. The smallest absolute Gasteiger partial charge is 0.354 e. The summed E-state index contributed by atoms with van der Waals surface area (Å²) in [6.07, 6.45) is 3.61. The molecule has 2 heterocycles. The second-order valence-corrected chi connectivity index (χ2v) is 15.0. The molecule has 2 aliphatic rings. The van der Waals surface area contributed by atoms with E-state index in [1.165, 1.54) is 12.1 Å². The number of aliphatic hydroxyl groups excluding tert-OH is 1. The number of rotatable bonds is 13. The van der Waals surface area contributed by atoms with E-state index in [-0.39, 0.29) is 30.7 Å². The van der Waals surface area contributed by atoms with Gasteiger partial charge in [-0.3, -0.25) is 19.1 Å². The van der Waals surface area contributed by atoms with Crippen LogP contribution in [0.4, 0.5) is 4.39 Å². The number of benzene rings is 3. The highest BCUT2D eigenvalue weighted by Crippen LogP contribution is 2.47. The first-order chi connectivity index (χ1) is 24.0. The molecule has 0 amide bonds. The third kappa shape index (κ3) is 8.77. The maximum atomic E-state index is 14.2. The molecule has 10 nitrogen and oxygen atoms in total. The molecule has 0 spiro atoms. The van der Waals surface area contributed by atoms with E-state index in [1.807, 2.05) is 12.1 Å². The third-order valence-electron chi connectivity index (χ3n) is 8.28. The van der Waals surface area contributed by atoms with Crippen molar-refractivity contribution in [3.05, 3.63) is 95.9 Å². The van der Waals surface area contributed by atoms with E-state index in [9.17, 15) is 23.7 Å². The minimum Gasteiger partial charge on any atom is -0.481 e. The van der Waals surface area contributed by atoms with Crippen molar-refractivity contribution < 1.29 is 42.4 Å². The zero-order valence-corrected chi connectivity index (χ0v) is 29.0. The summed E-state index contributed by atoms with van der Waals surface area (Å²) in [6.45, 7) is 5.00. The lowest BCUT2D eigenvalue weighted by Crippen LogP contribution is -2.36. The minimum absolute atomic E-state index is 0.0431. The Labute approximate surface area is 290 Å². The van der Waals surface area contributed by atoms with Crippen molar-refractivity contribution in [3.63, 3.8) is 0 Å². The number of halogens is 1. The predicted octanol–water partition coefficient (Wildman–Crippen LogP) is 7.54. The molecule has 4 aromatic rings. The Balaban J connectivity index is 1.38. The van der Waals surface area contributed by atoms with Crippen LogP contribution in [0.25, 0.3) is 28.1 Å². The zero-order valence-electron chi connectivity index (χ0n) is 28.1. The average molecular weight is 703 g/mol. The molecule has 50 heavy (non-hydrogen) atoms. The molecule has 4 atom stereocenters. The molecular weight excluding hydrogens is 662 g/mol. The van der Waals surface area contributed by atoms with Gasteiger partial charge < -0.3 is 23.8 Å². The number of nitrogens with one attached hydrogen (secondary N) is 1. The summed E-state index contributed by atoms with van der Waals surface area (Å²) >= 11 is 0. The molecule has 1 saturated heterocycles. The molecule has 262 valence electrons. The van der Waals surface area contributed by atoms with E-state index >= 15 is 0 Å². The van der Waals surface area contributed by atoms with Crippen LogP contribution in [0.15, 0.2) is 78.9 Å². The highest BCUT2D eigenvalue weighted by molar-refractivity contribution is 7.57. The first-order valence-electron chi connectivity index (χ1n) is 16.7. The summed E-state index contributed by atoms with van der Waals surface area (Å²) < 4.78 is 51.2. The number of esters is 2. The number of nitrogens with zero attached hydrogens (tertiary/aromatic N) is 1. The Morgan fingerprint density at radius 3 is 2.50 bits per heavy atom. The van der Waals surface area contributed by atoms with Gasteiger partial charge in [-0.2, -0.15) is 0 Å². The standard InChI is InChI=1S/C38H40FN2O8P/c1-23(2)47-38(44)24(3)41-50(45,49-29-7-5-4-6-8-29)22-46-30-16-18-34-33(21-30)36(25-11-13-27(39)14-12-25)32(37(40-34)26-9-10-26)17-15-31-19-28(42)20-35(43)48-31/h4-8,11-18,21,23-24,26,28,31,42H,9-10,19-20,22H2,1-3H3,(H,41,45)/t24-,28+,31+,50?/m0/s1. The lowest BCUT2D eigenvalue weighted by Gasteiger charge is -2.24. The topological polar surface area (TPSA) is 133 Å². The van der Waals surface area contributed by atoms with Crippen molar-refractivity contribution in [2.75, 3.05) is 6.35 Å². The van der Waals surface area contributed by atoms with Crippen molar-refractivity contribution in [2.45, 2.75) is 76.7 Å². The van der Waals surface area contributed by atoms with Gasteiger partial charge in [0.1, 0.15) is 29.5 Å². The van der Waals surface area contributed by atoms with Crippen LogP contribution in [0.1, 0.15) is 63.6 Å². The molecule has 0 radical (unpaired) electrons. The number of fused-ring (bicyclic) bond motifs is 1. The summed E-state index contributed by atoms with van der Waals surface area (Å²) in [5.41, 5.74) is 3.85. The monoisotopic (exact) mass is 702 g/mol. The molecule has 1 aromatic heterocycles. The number of cyclic esters (lactones) is 1. The minimum atomic E-state index is -3.86. The Morgan fingerprint density at radius 1 is 1.08 bits per heavy atom. The van der Waals surface area contributed by atoms with E-state index in [0.29, 0.717) is 22.4 Å². The first-order valence-corrected chi connectivity index (χ1v) is 18.5. The molecule has 1 unspecified atom stereocenters. The Morgan fingerprint density at radius 2 is 1.82 bits per heavy atom. The number of para-hydroxylation sites is 1. The molecule has 2 fully saturated rings. The zero-order chi connectivity index (χ0) is 35.4.